The maximum atomic E-state index is 12.6. The standard InChI is InChI=1S/C22H25N3O2/c1-24-15-20(19-8-4-5-9-21(19)24)22(27)23-12-18(26)14-25-11-10-16-6-2-3-7-17(16)13-25/h2-9,15,18,26H,10-14H2,1H3,(H,23,27). The topological polar surface area (TPSA) is 57.5 Å². The molecule has 1 amide bonds. The number of hydrogen-bond donors (Lipinski definition) is 2. The molecule has 27 heavy (non-hydrogen) atoms. The Balaban J connectivity index is 1.34. The fourth-order valence-electron chi connectivity index (χ4n) is 3.90. The van der Waals surface area contributed by atoms with Gasteiger partial charge in [-0.15, -0.1) is 0 Å². The minimum absolute atomic E-state index is 0.144. The van der Waals surface area contributed by atoms with Crippen LogP contribution in [0.25, 0.3) is 10.9 Å². The minimum Gasteiger partial charge on any atom is -0.390 e. The highest BCUT2D eigenvalue weighted by Crippen LogP contribution is 2.20. The number of nitrogens with zero attached hydrogens (tertiary/aromatic N) is 2. The summed E-state index contributed by atoms with van der Waals surface area (Å²) in [6.07, 6.45) is 2.26. The van der Waals surface area contributed by atoms with Crippen molar-refractivity contribution in [3.63, 3.8) is 0 Å². The molecule has 140 valence electrons. The van der Waals surface area contributed by atoms with Crippen LogP contribution >= 0.6 is 0 Å². The molecule has 2 N–H and O–H groups in total. The van der Waals surface area contributed by atoms with E-state index in [-0.39, 0.29) is 12.5 Å². The highest BCUT2D eigenvalue weighted by molar-refractivity contribution is 6.06. The number of β-amino-alcohol motifs (C(OH)–C–C–N with tert-alkyl or cyclic N) is 1. The molecule has 4 rings (SSSR count). The lowest BCUT2D eigenvalue weighted by Crippen LogP contribution is -2.42. The molecule has 0 bridgehead atoms. The molecule has 5 heteroatoms. The van der Waals surface area contributed by atoms with E-state index in [2.05, 4.69) is 34.5 Å². The number of carbonyl (C=O) groups excluding carboxylic acids is 1. The van der Waals surface area contributed by atoms with Crippen LogP contribution in [0.1, 0.15) is 21.5 Å². The van der Waals surface area contributed by atoms with Crippen LogP contribution in [0.4, 0.5) is 0 Å². The van der Waals surface area contributed by atoms with Crippen LogP contribution in [-0.2, 0) is 20.0 Å². The third kappa shape index (κ3) is 3.75. The Kier molecular flexibility index (Phi) is 4.97. The van der Waals surface area contributed by atoms with E-state index in [1.54, 1.807) is 0 Å². The molecule has 0 spiro atoms. The second-order valence-corrected chi connectivity index (χ2v) is 7.29. The van der Waals surface area contributed by atoms with Crippen LogP contribution in [0, 0.1) is 0 Å². The van der Waals surface area contributed by atoms with E-state index in [1.165, 1.54) is 11.1 Å². The van der Waals surface area contributed by atoms with Gasteiger partial charge in [0.05, 0.1) is 11.7 Å². The Hall–Kier alpha value is -2.63. The molecule has 0 radical (unpaired) electrons. The number of benzene rings is 2. The number of carbonyl (C=O) groups is 1. The van der Waals surface area contributed by atoms with E-state index in [0.717, 1.165) is 30.4 Å². The lowest BCUT2D eigenvalue weighted by atomic mass is 10.00. The normalized spacial score (nSPS) is 15.5. The molecule has 0 saturated heterocycles. The fourth-order valence-corrected chi connectivity index (χ4v) is 3.90. The van der Waals surface area contributed by atoms with Gasteiger partial charge in [-0.05, 0) is 23.6 Å². The van der Waals surface area contributed by atoms with E-state index >= 15 is 0 Å². The molecule has 2 heterocycles. The Morgan fingerprint density at radius 2 is 1.89 bits per heavy atom. The largest absolute Gasteiger partial charge is 0.390 e. The predicted octanol–water partition coefficient (Wildman–Crippen LogP) is 2.33. The van der Waals surface area contributed by atoms with Crippen molar-refractivity contribution in [3.05, 3.63) is 71.4 Å². The second-order valence-electron chi connectivity index (χ2n) is 7.29. The van der Waals surface area contributed by atoms with Crippen LogP contribution in [0.2, 0.25) is 0 Å². The molecule has 0 saturated carbocycles. The molecule has 1 unspecified atom stereocenters. The summed E-state index contributed by atoms with van der Waals surface area (Å²) in [5, 5.41) is 14.2. The van der Waals surface area contributed by atoms with Crippen molar-refractivity contribution in [1.82, 2.24) is 14.8 Å². The summed E-state index contributed by atoms with van der Waals surface area (Å²) in [4.78, 5) is 14.8. The number of fused-ring (bicyclic) bond motifs is 2. The SMILES string of the molecule is Cn1cc(C(=O)NCC(O)CN2CCc3ccccc3C2)c2ccccc21. The van der Waals surface area contributed by atoms with Gasteiger partial charge in [0, 0.05) is 50.3 Å². The van der Waals surface area contributed by atoms with E-state index in [0.29, 0.717) is 12.1 Å². The summed E-state index contributed by atoms with van der Waals surface area (Å²) >= 11 is 0. The number of amides is 1. The number of aromatic nitrogens is 1. The van der Waals surface area contributed by atoms with Crippen LogP contribution in [0.15, 0.2) is 54.7 Å². The summed E-state index contributed by atoms with van der Waals surface area (Å²) in [5.74, 6) is -0.144. The monoisotopic (exact) mass is 363 g/mol. The Morgan fingerprint density at radius 3 is 2.74 bits per heavy atom. The quantitative estimate of drug-likeness (QED) is 0.732. The summed E-state index contributed by atoms with van der Waals surface area (Å²) in [6.45, 7) is 2.60. The van der Waals surface area contributed by atoms with Crippen molar-refractivity contribution in [2.45, 2.75) is 19.1 Å². The predicted molar refractivity (Wildman–Crippen MR) is 107 cm³/mol. The van der Waals surface area contributed by atoms with Crippen molar-refractivity contribution < 1.29 is 9.90 Å². The summed E-state index contributed by atoms with van der Waals surface area (Å²) in [7, 11) is 1.93. The van der Waals surface area contributed by atoms with Gasteiger partial charge in [0.15, 0.2) is 0 Å². The van der Waals surface area contributed by atoms with E-state index < -0.39 is 6.10 Å². The smallest absolute Gasteiger partial charge is 0.253 e. The number of nitrogens with one attached hydrogen (secondary N) is 1. The van der Waals surface area contributed by atoms with Crippen molar-refractivity contribution >= 4 is 16.8 Å². The molecule has 1 atom stereocenters. The van der Waals surface area contributed by atoms with Crippen LogP contribution in [0.3, 0.4) is 0 Å². The second kappa shape index (κ2) is 7.55. The molecule has 2 aromatic carbocycles. The number of aryl methyl sites for hydroxylation is 1. The molecular weight excluding hydrogens is 338 g/mol. The summed E-state index contributed by atoms with van der Waals surface area (Å²) < 4.78 is 1.95. The number of para-hydroxylation sites is 1. The zero-order chi connectivity index (χ0) is 18.8. The lowest BCUT2D eigenvalue weighted by Gasteiger charge is -2.30. The zero-order valence-corrected chi connectivity index (χ0v) is 15.6. The van der Waals surface area contributed by atoms with E-state index in [4.69, 9.17) is 0 Å². The van der Waals surface area contributed by atoms with Gasteiger partial charge in [-0.2, -0.15) is 0 Å². The van der Waals surface area contributed by atoms with Crippen molar-refractivity contribution in [2.75, 3.05) is 19.6 Å². The molecule has 0 aliphatic carbocycles. The van der Waals surface area contributed by atoms with E-state index in [9.17, 15) is 9.90 Å². The van der Waals surface area contributed by atoms with Crippen molar-refractivity contribution in [1.29, 1.82) is 0 Å². The summed E-state index contributed by atoms with van der Waals surface area (Å²) in [5.41, 5.74) is 4.39. The average molecular weight is 363 g/mol. The van der Waals surface area contributed by atoms with Crippen LogP contribution < -0.4 is 5.32 Å². The highest BCUT2D eigenvalue weighted by atomic mass is 16.3. The van der Waals surface area contributed by atoms with Gasteiger partial charge in [0.2, 0.25) is 0 Å². The van der Waals surface area contributed by atoms with Gasteiger partial charge in [-0.1, -0.05) is 42.5 Å². The summed E-state index contributed by atoms with van der Waals surface area (Å²) in [6, 6.07) is 16.3. The van der Waals surface area contributed by atoms with Gasteiger partial charge in [0.1, 0.15) is 0 Å². The molecule has 3 aromatic rings. The number of hydrogen-bond acceptors (Lipinski definition) is 3. The molecule has 5 nitrogen and oxygen atoms in total. The molecule has 1 aliphatic heterocycles. The number of aliphatic hydroxyl groups is 1. The Bertz CT molecular complexity index is 963. The number of rotatable bonds is 5. The first-order chi connectivity index (χ1) is 13.1. The average Bonchev–Trinajstić information content (AvgIpc) is 3.03. The molecule has 1 aromatic heterocycles. The Morgan fingerprint density at radius 1 is 1.15 bits per heavy atom. The molecular formula is C22H25N3O2. The van der Waals surface area contributed by atoms with Crippen molar-refractivity contribution in [2.24, 2.45) is 7.05 Å². The molecule has 0 fully saturated rings. The van der Waals surface area contributed by atoms with Crippen molar-refractivity contribution in [3.8, 4) is 0 Å². The maximum Gasteiger partial charge on any atom is 0.253 e. The van der Waals surface area contributed by atoms with Crippen LogP contribution in [0.5, 0.6) is 0 Å². The van der Waals surface area contributed by atoms with E-state index in [1.807, 2.05) is 42.1 Å². The number of aliphatic hydroxyl groups excluding tert-OH is 1. The zero-order valence-electron chi connectivity index (χ0n) is 15.6. The van der Waals surface area contributed by atoms with Crippen LogP contribution in [-0.4, -0.2) is 46.2 Å². The minimum atomic E-state index is -0.589. The Labute approximate surface area is 159 Å². The van der Waals surface area contributed by atoms with Gasteiger partial charge in [-0.3, -0.25) is 9.69 Å². The third-order valence-corrected chi connectivity index (χ3v) is 5.32. The first-order valence-electron chi connectivity index (χ1n) is 9.41. The van der Waals surface area contributed by atoms with Gasteiger partial charge >= 0.3 is 0 Å². The maximum absolute atomic E-state index is 12.6. The first kappa shape index (κ1) is 17.8. The fraction of sp³-hybridized carbons (Fsp3) is 0.318. The van der Waals surface area contributed by atoms with Gasteiger partial charge < -0.3 is 15.0 Å². The molecule has 1 aliphatic rings. The highest BCUT2D eigenvalue weighted by Gasteiger charge is 2.19. The van der Waals surface area contributed by atoms with Gasteiger partial charge in [-0.25, -0.2) is 0 Å². The lowest BCUT2D eigenvalue weighted by molar-refractivity contribution is 0.0843. The van der Waals surface area contributed by atoms with Gasteiger partial charge in [0.25, 0.3) is 5.91 Å². The first-order valence-corrected chi connectivity index (χ1v) is 9.41. The third-order valence-electron chi connectivity index (χ3n) is 5.32.